The first-order chi connectivity index (χ1) is 14.7. The summed E-state index contributed by atoms with van der Waals surface area (Å²) in [6.07, 6.45) is -0.315. The monoisotopic (exact) mass is 422 g/mol. The quantitative estimate of drug-likeness (QED) is 0.623. The number of thioether (sulfide) groups is 1. The lowest BCUT2D eigenvalue weighted by Crippen LogP contribution is -2.30. The summed E-state index contributed by atoms with van der Waals surface area (Å²) in [5.41, 5.74) is 2.79. The van der Waals surface area contributed by atoms with Crippen LogP contribution >= 0.6 is 11.8 Å². The zero-order chi connectivity index (χ0) is 20.7. The van der Waals surface area contributed by atoms with Gasteiger partial charge in [-0.25, -0.2) is 4.39 Å². The van der Waals surface area contributed by atoms with Crippen LogP contribution in [0.2, 0.25) is 0 Å². The first-order valence-corrected chi connectivity index (χ1v) is 10.5. The first kappa shape index (κ1) is 18.8. The first-order valence-electron chi connectivity index (χ1n) is 9.51. The average molecular weight is 422 g/mol. The van der Waals surface area contributed by atoms with E-state index >= 15 is 0 Å². The Morgan fingerprint density at radius 1 is 1.03 bits per heavy atom. The van der Waals surface area contributed by atoms with E-state index in [4.69, 9.17) is 9.57 Å². The smallest absolute Gasteiger partial charge is 0.171 e. The zero-order valence-electron chi connectivity index (χ0n) is 16.1. The van der Waals surface area contributed by atoms with Crippen molar-refractivity contribution in [3.63, 3.8) is 0 Å². The molecule has 3 atom stereocenters. The van der Waals surface area contributed by atoms with Crippen LogP contribution in [0.15, 0.2) is 78.0 Å². The fourth-order valence-corrected chi connectivity index (χ4v) is 5.44. The van der Waals surface area contributed by atoms with Crippen molar-refractivity contribution in [1.82, 2.24) is 0 Å². The number of phenolic OH excluding ortho intramolecular Hbond substituents is 1. The van der Waals surface area contributed by atoms with Crippen LogP contribution in [0, 0.1) is 5.82 Å². The van der Waals surface area contributed by atoms with Gasteiger partial charge in [0, 0.05) is 11.3 Å². The number of fused-ring (bicyclic) bond motifs is 1. The molecule has 1 N–H and O–H groups in total. The van der Waals surface area contributed by atoms with Crippen LogP contribution in [0.1, 0.15) is 22.6 Å². The summed E-state index contributed by atoms with van der Waals surface area (Å²) in [7, 11) is 1.66. The number of anilines is 1. The van der Waals surface area contributed by atoms with Crippen LogP contribution < -0.4 is 9.64 Å². The molecule has 0 aromatic heterocycles. The van der Waals surface area contributed by atoms with E-state index in [1.165, 1.54) is 12.1 Å². The third kappa shape index (κ3) is 3.15. The predicted molar refractivity (Wildman–Crippen MR) is 115 cm³/mol. The van der Waals surface area contributed by atoms with Gasteiger partial charge in [-0.15, -0.1) is 11.8 Å². The third-order valence-corrected chi connectivity index (χ3v) is 6.75. The molecule has 0 bridgehead atoms. The van der Waals surface area contributed by atoms with E-state index in [0.717, 1.165) is 28.4 Å². The van der Waals surface area contributed by atoms with Gasteiger partial charge in [0.15, 0.2) is 11.9 Å². The molecule has 3 unspecified atom stereocenters. The van der Waals surface area contributed by atoms with E-state index in [1.807, 2.05) is 36.4 Å². The van der Waals surface area contributed by atoms with E-state index in [-0.39, 0.29) is 28.3 Å². The number of benzene rings is 3. The molecule has 3 aromatic rings. The Hall–Kier alpha value is -3.19. The van der Waals surface area contributed by atoms with Crippen LogP contribution in [0.3, 0.4) is 0 Å². The summed E-state index contributed by atoms with van der Waals surface area (Å²) in [4.78, 5) is 7.89. The van der Waals surface area contributed by atoms with Crippen molar-refractivity contribution in [2.45, 2.75) is 16.7 Å². The number of oxime groups is 1. The Bertz CT molecular complexity index is 1090. The highest BCUT2D eigenvalue weighted by atomic mass is 32.2. The van der Waals surface area contributed by atoms with Gasteiger partial charge in [0.05, 0.1) is 7.11 Å². The number of hydrogen-bond acceptors (Lipinski definition) is 6. The van der Waals surface area contributed by atoms with Crippen LogP contribution in [-0.2, 0) is 4.84 Å². The molecule has 0 amide bonds. The second-order valence-corrected chi connectivity index (χ2v) is 8.29. The van der Waals surface area contributed by atoms with Gasteiger partial charge in [-0.05, 0) is 48.0 Å². The largest absolute Gasteiger partial charge is 0.508 e. The maximum atomic E-state index is 13.4. The van der Waals surface area contributed by atoms with Crippen molar-refractivity contribution < 1.29 is 19.1 Å². The summed E-state index contributed by atoms with van der Waals surface area (Å²) in [6.45, 7) is 0. The van der Waals surface area contributed by atoms with Gasteiger partial charge in [0.2, 0.25) is 0 Å². The molecule has 2 heterocycles. The zero-order valence-corrected chi connectivity index (χ0v) is 16.9. The Morgan fingerprint density at radius 2 is 1.77 bits per heavy atom. The molecule has 2 aliphatic heterocycles. The van der Waals surface area contributed by atoms with Crippen molar-refractivity contribution in [2.75, 3.05) is 12.0 Å². The molecule has 5 rings (SSSR count). The molecule has 0 aliphatic carbocycles. The summed E-state index contributed by atoms with van der Waals surface area (Å²) < 4.78 is 19.0. The third-order valence-electron chi connectivity index (χ3n) is 5.28. The molecule has 0 spiro atoms. The second-order valence-electron chi connectivity index (χ2n) is 7.06. The minimum Gasteiger partial charge on any atom is -0.508 e. The second kappa shape index (κ2) is 7.57. The Kier molecular flexibility index (Phi) is 4.75. The number of hydrogen-bond donors (Lipinski definition) is 1. The van der Waals surface area contributed by atoms with Crippen LogP contribution in [0.5, 0.6) is 11.5 Å². The molecule has 2 aliphatic rings. The standard InChI is InChI=1S/C23H19FN2O3S/c1-28-19-5-3-2-4-18(19)23-26(16-10-12-17(27)13-11-16)22-21(30-23)20(29-25-22)14-6-8-15(24)9-7-14/h2-13,20-21,23,27H,1H3. The van der Waals surface area contributed by atoms with Crippen molar-refractivity contribution in [3.8, 4) is 11.5 Å². The highest BCUT2D eigenvalue weighted by Crippen LogP contribution is 2.54. The van der Waals surface area contributed by atoms with Crippen LogP contribution in [0.25, 0.3) is 0 Å². The van der Waals surface area contributed by atoms with Crippen LogP contribution in [0.4, 0.5) is 10.1 Å². The maximum Gasteiger partial charge on any atom is 0.171 e. The van der Waals surface area contributed by atoms with Gasteiger partial charge in [0.1, 0.15) is 27.9 Å². The van der Waals surface area contributed by atoms with Gasteiger partial charge in [-0.2, -0.15) is 0 Å². The van der Waals surface area contributed by atoms with E-state index < -0.39 is 0 Å². The number of nitrogens with zero attached hydrogens (tertiary/aromatic N) is 2. The Balaban J connectivity index is 1.57. The van der Waals surface area contributed by atoms with E-state index in [2.05, 4.69) is 10.1 Å². The van der Waals surface area contributed by atoms with Crippen molar-refractivity contribution in [2.24, 2.45) is 5.16 Å². The molecular weight excluding hydrogens is 403 g/mol. The summed E-state index contributed by atoms with van der Waals surface area (Å²) in [5.74, 6) is 1.49. The molecule has 7 heteroatoms. The fraction of sp³-hybridized carbons (Fsp3) is 0.174. The molecular formula is C23H19FN2O3S. The highest BCUT2D eigenvalue weighted by molar-refractivity contribution is 8.01. The molecule has 3 aromatic carbocycles. The average Bonchev–Trinajstić information content (AvgIpc) is 3.34. The fourth-order valence-electron chi connectivity index (χ4n) is 3.84. The van der Waals surface area contributed by atoms with Crippen molar-refractivity contribution in [1.29, 1.82) is 0 Å². The van der Waals surface area contributed by atoms with Gasteiger partial charge >= 0.3 is 0 Å². The van der Waals surface area contributed by atoms with E-state index in [1.54, 1.807) is 43.1 Å². The van der Waals surface area contributed by atoms with Crippen molar-refractivity contribution >= 4 is 23.3 Å². The van der Waals surface area contributed by atoms with Crippen molar-refractivity contribution in [3.05, 3.63) is 89.7 Å². The number of halogens is 1. The topological polar surface area (TPSA) is 54.3 Å². The van der Waals surface area contributed by atoms with Gasteiger partial charge < -0.3 is 19.6 Å². The number of aromatic hydroxyl groups is 1. The number of amidine groups is 1. The molecule has 0 saturated carbocycles. The van der Waals surface area contributed by atoms with Gasteiger partial charge in [-0.3, -0.25) is 0 Å². The van der Waals surface area contributed by atoms with E-state index in [0.29, 0.717) is 0 Å². The number of rotatable bonds is 4. The summed E-state index contributed by atoms with van der Waals surface area (Å²) >= 11 is 1.71. The lowest BCUT2D eigenvalue weighted by Gasteiger charge is -2.27. The maximum absolute atomic E-state index is 13.4. The molecule has 1 fully saturated rings. The summed E-state index contributed by atoms with van der Waals surface area (Å²) in [6, 6.07) is 21.3. The minimum absolute atomic E-state index is 0.0702. The lowest BCUT2D eigenvalue weighted by atomic mass is 10.1. The molecule has 30 heavy (non-hydrogen) atoms. The molecule has 152 valence electrons. The molecule has 0 radical (unpaired) electrons. The molecule has 5 nitrogen and oxygen atoms in total. The predicted octanol–water partition coefficient (Wildman–Crippen LogP) is 5.25. The minimum atomic E-state index is -0.315. The summed E-state index contributed by atoms with van der Waals surface area (Å²) in [5, 5.41) is 14.0. The SMILES string of the molecule is COc1ccccc1C1SC2C(=NOC2c2ccc(F)cc2)N1c1ccc(O)cc1. The highest BCUT2D eigenvalue weighted by Gasteiger charge is 2.50. The number of phenols is 1. The Morgan fingerprint density at radius 3 is 2.50 bits per heavy atom. The number of ether oxygens (including phenoxy) is 1. The van der Waals surface area contributed by atoms with Gasteiger partial charge in [-0.1, -0.05) is 35.5 Å². The normalized spacial score (nSPS) is 22.4. The number of methoxy groups -OCH3 is 1. The lowest BCUT2D eigenvalue weighted by molar-refractivity contribution is 0.0880. The molecule has 1 saturated heterocycles. The van der Waals surface area contributed by atoms with Gasteiger partial charge in [0.25, 0.3) is 0 Å². The number of para-hydroxylation sites is 1. The van der Waals surface area contributed by atoms with Crippen LogP contribution in [-0.4, -0.2) is 23.3 Å². The Labute approximate surface area is 177 Å². The van der Waals surface area contributed by atoms with E-state index in [9.17, 15) is 9.50 Å².